The Hall–Kier alpha value is -0.790. The molecule has 0 aromatic rings. The maximum atomic E-state index is 8.78. The highest BCUT2D eigenvalue weighted by molar-refractivity contribution is 6.01. The van der Waals surface area contributed by atoms with E-state index in [1.54, 1.807) is 0 Å². The molecule has 12 heavy (non-hydrogen) atoms. The molecule has 1 aliphatic carbocycles. The van der Waals surface area contributed by atoms with Crippen LogP contribution in [0.2, 0.25) is 0 Å². The van der Waals surface area contributed by atoms with Gasteiger partial charge in [0.2, 0.25) is 0 Å². The standard InChI is InChI=1S/C10H17NO/c1-7(2)9-5-4-8(3)6-10(9)11-12/h8,12H,4-6H2,1-3H3/b11-10+. The summed E-state index contributed by atoms with van der Waals surface area (Å²) >= 11 is 0. The number of rotatable bonds is 0. The molecule has 68 valence electrons. The van der Waals surface area contributed by atoms with Gasteiger partial charge in [-0.05, 0) is 44.6 Å². The molecule has 0 aromatic carbocycles. The summed E-state index contributed by atoms with van der Waals surface area (Å²) in [7, 11) is 0. The van der Waals surface area contributed by atoms with E-state index in [0.717, 1.165) is 18.6 Å². The van der Waals surface area contributed by atoms with Crippen LogP contribution >= 0.6 is 0 Å². The fourth-order valence-corrected chi connectivity index (χ4v) is 1.73. The predicted molar refractivity (Wildman–Crippen MR) is 50.6 cm³/mol. The third-order valence-corrected chi connectivity index (χ3v) is 2.50. The minimum absolute atomic E-state index is 0.666. The molecule has 0 aliphatic heterocycles. The van der Waals surface area contributed by atoms with Gasteiger partial charge in [0, 0.05) is 0 Å². The van der Waals surface area contributed by atoms with Crippen molar-refractivity contribution >= 4 is 5.71 Å². The third kappa shape index (κ3) is 1.87. The molecular weight excluding hydrogens is 150 g/mol. The maximum Gasteiger partial charge on any atom is 0.0829 e. The number of hydrogen-bond donors (Lipinski definition) is 1. The molecule has 2 heteroatoms. The summed E-state index contributed by atoms with van der Waals surface area (Å²) in [5.41, 5.74) is 3.44. The molecule has 0 heterocycles. The van der Waals surface area contributed by atoms with Crippen molar-refractivity contribution < 1.29 is 5.21 Å². The average molecular weight is 167 g/mol. The van der Waals surface area contributed by atoms with Crippen LogP contribution in [0, 0.1) is 5.92 Å². The van der Waals surface area contributed by atoms with Crippen molar-refractivity contribution in [1.29, 1.82) is 0 Å². The van der Waals surface area contributed by atoms with E-state index in [4.69, 9.17) is 5.21 Å². The summed E-state index contributed by atoms with van der Waals surface area (Å²) in [5, 5.41) is 12.1. The second-order valence-corrected chi connectivity index (χ2v) is 3.87. The smallest absolute Gasteiger partial charge is 0.0829 e. The Kier molecular flexibility index (Phi) is 2.90. The topological polar surface area (TPSA) is 32.6 Å². The first-order chi connectivity index (χ1) is 5.65. The summed E-state index contributed by atoms with van der Waals surface area (Å²) in [4.78, 5) is 0. The number of nitrogens with zero attached hydrogens (tertiary/aromatic N) is 1. The fraction of sp³-hybridized carbons (Fsp3) is 0.700. The molecule has 1 fully saturated rings. The highest BCUT2D eigenvalue weighted by Gasteiger charge is 2.19. The average Bonchev–Trinajstić information content (AvgIpc) is 2.03. The Morgan fingerprint density at radius 1 is 1.50 bits per heavy atom. The molecule has 0 saturated heterocycles. The normalized spacial score (nSPS) is 27.8. The Morgan fingerprint density at radius 2 is 2.17 bits per heavy atom. The highest BCUT2D eigenvalue weighted by Crippen LogP contribution is 2.27. The first kappa shape index (κ1) is 9.30. The van der Waals surface area contributed by atoms with E-state index < -0.39 is 0 Å². The lowest BCUT2D eigenvalue weighted by Crippen LogP contribution is -2.16. The molecule has 1 saturated carbocycles. The SMILES string of the molecule is CC(C)=C1CCC(C)C/C1=N\O. The summed E-state index contributed by atoms with van der Waals surface area (Å²) < 4.78 is 0. The van der Waals surface area contributed by atoms with E-state index in [-0.39, 0.29) is 0 Å². The van der Waals surface area contributed by atoms with Crippen LogP contribution in [0.25, 0.3) is 0 Å². The van der Waals surface area contributed by atoms with Crippen molar-refractivity contribution in [3.05, 3.63) is 11.1 Å². The van der Waals surface area contributed by atoms with Crippen LogP contribution in [0.5, 0.6) is 0 Å². The minimum atomic E-state index is 0.666. The van der Waals surface area contributed by atoms with Gasteiger partial charge >= 0.3 is 0 Å². The van der Waals surface area contributed by atoms with Crippen LogP contribution < -0.4 is 0 Å². The summed E-state index contributed by atoms with van der Waals surface area (Å²) in [6, 6.07) is 0. The van der Waals surface area contributed by atoms with Gasteiger partial charge in [-0.2, -0.15) is 0 Å². The molecule has 0 spiro atoms. The van der Waals surface area contributed by atoms with Crippen molar-refractivity contribution in [1.82, 2.24) is 0 Å². The number of allylic oxidation sites excluding steroid dienone is 2. The lowest BCUT2D eigenvalue weighted by molar-refractivity contribution is 0.314. The van der Waals surface area contributed by atoms with E-state index >= 15 is 0 Å². The zero-order chi connectivity index (χ0) is 9.14. The van der Waals surface area contributed by atoms with Crippen LogP contribution in [-0.2, 0) is 0 Å². The monoisotopic (exact) mass is 167 g/mol. The van der Waals surface area contributed by atoms with Gasteiger partial charge < -0.3 is 5.21 Å². The van der Waals surface area contributed by atoms with Crippen LogP contribution in [0.3, 0.4) is 0 Å². The van der Waals surface area contributed by atoms with Crippen molar-refractivity contribution in [2.75, 3.05) is 0 Å². The minimum Gasteiger partial charge on any atom is -0.411 e. The van der Waals surface area contributed by atoms with Gasteiger partial charge in [-0.15, -0.1) is 0 Å². The first-order valence-corrected chi connectivity index (χ1v) is 4.52. The van der Waals surface area contributed by atoms with E-state index in [1.165, 1.54) is 17.6 Å². The molecule has 2 nitrogen and oxygen atoms in total. The van der Waals surface area contributed by atoms with Gasteiger partial charge in [0.15, 0.2) is 0 Å². The molecule has 0 amide bonds. The van der Waals surface area contributed by atoms with Gasteiger partial charge in [-0.1, -0.05) is 17.7 Å². The van der Waals surface area contributed by atoms with E-state index in [1.807, 2.05) is 0 Å². The van der Waals surface area contributed by atoms with Crippen LogP contribution in [0.15, 0.2) is 16.3 Å². The largest absolute Gasteiger partial charge is 0.411 e. The molecule has 1 unspecified atom stereocenters. The lowest BCUT2D eigenvalue weighted by atomic mass is 9.84. The van der Waals surface area contributed by atoms with Crippen molar-refractivity contribution in [3.8, 4) is 0 Å². The van der Waals surface area contributed by atoms with Crippen molar-refractivity contribution in [2.24, 2.45) is 11.1 Å². The lowest BCUT2D eigenvalue weighted by Gasteiger charge is -2.22. The second-order valence-electron chi connectivity index (χ2n) is 3.87. The first-order valence-electron chi connectivity index (χ1n) is 4.52. The molecule has 1 rings (SSSR count). The fourth-order valence-electron chi connectivity index (χ4n) is 1.73. The Morgan fingerprint density at radius 3 is 2.67 bits per heavy atom. The van der Waals surface area contributed by atoms with Gasteiger partial charge in [-0.3, -0.25) is 0 Å². The molecule has 0 radical (unpaired) electrons. The quantitative estimate of drug-likeness (QED) is 0.436. The van der Waals surface area contributed by atoms with Gasteiger partial charge in [0.25, 0.3) is 0 Å². The van der Waals surface area contributed by atoms with Crippen LogP contribution in [0.1, 0.15) is 40.0 Å². The molecule has 1 aliphatic rings. The number of hydrogen-bond acceptors (Lipinski definition) is 2. The molecular formula is C10H17NO. The summed E-state index contributed by atoms with van der Waals surface area (Å²) in [6.07, 6.45) is 3.22. The number of oxime groups is 1. The Balaban J connectivity index is 2.85. The maximum absolute atomic E-state index is 8.78. The predicted octanol–water partition coefficient (Wildman–Crippen LogP) is 2.97. The highest BCUT2D eigenvalue weighted by atomic mass is 16.4. The zero-order valence-corrected chi connectivity index (χ0v) is 8.09. The molecule has 1 atom stereocenters. The Bertz CT molecular complexity index is 224. The Labute approximate surface area is 74.0 Å². The zero-order valence-electron chi connectivity index (χ0n) is 8.09. The van der Waals surface area contributed by atoms with Gasteiger partial charge in [-0.25, -0.2) is 0 Å². The third-order valence-electron chi connectivity index (χ3n) is 2.50. The van der Waals surface area contributed by atoms with Crippen LogP contribution in [0.4, 0.5) is 0 Å². The van der Waals surface area contributed by atoms with Gasteiger partial charge in [0.1, 0.15) is 0 Å². The van der Waals surface area contributed by atoms with Crippen LogP contribution in [-0.4, -0.2) is 10.9 Å². The summed E-state index contributed by atoms with van der Waals surface area (Å²) in [5.74, 6) is 0.666. The molecule has 0 aromatic heterocycles. The van der Waals surface area contributed by atoms with Crippen molar-refractivity contribution in [2.45, 2.75) is 40.0 Å². The van der Waals surface area contributed by atoms with Gasteiger partial charge in [0.05, 0.1) is 5.71 Å². The van der Waals surface area contributed by atoms with E-state index in [9.17, 15) is 0 Å². The van der Waals surface area contributed by atoms with Crippen molar-refractivity contribution in [3.63, 3.8) is 0 Å². The van der Waals surface area contributed by atoms with E-state index in [0.29, 0.717) is 5.92 Å². The van der Waals surface area contributed by atoms with E-state index in [2.05, 4.69) is 25.9 Å². The molecule has 0 bridgehead atoms. The second kappa shape index (κ2) is 3.74. The summed E-state index contributed by atoms with van der Waals surface area (Å²) in [6.45, 7) is 6.36. The molecule has 1 N–H and O–H groups in total.